The number of aromatic amines is 1. The summed E-state index contributed by atoms with van der Waals surface area (Å²) in [4.78, 5) is 54.8. The zero-order chi connectivity index (χ0) is 33.4. The SMILES string of the molecule is CC(=O)N1CCC(C(=O)N2CCC(N3CCN(C(=O)c4cc(-c5cc(F)cc(F)c5)nc(-c5ccc6[nH]ccc6c5)c4)CC3)CC2)CC1. The Labute approximate surface area is 278 Å². The summed E-state index contributed by atoms with van der Waals surface area (Å²) in [6.07, 6.45) is 5.12. The van der Waals surface area contributed by atoms with Gasteiger partial charge in [0.1, 0.15) is 11.6 Å². The second-order valence-electron chi connectivity index (χ2n) is 13.2. The molecule has 3 aliphatic heterocycles. The van der Waals surface area contributed by atoms with E-state index in [1.54, 1.807) is 19.1 Å². The Hall–Kier alpha value is -4.64. The lowest BCUT2D eigenvalue weighted by Crippen LogP contribution is -2.55. The number of amides is 3. The lowest BCUT2D eigenvalue weighted by Gasteiger charge is -2.43. The van der Waals surface area contributed by atoms with Crippen LogP contribution in [0.4, 0.5) is 8.78 Å². The molecule has 1 N–H and O–H groups in total. The van der Waals surface area contributed by atoms with Crippen molar-refractivity contribution in [3.8, 4) is 22.5 Å². The Morgan fingerprint density at radius 2 is 1.35 bits per heavy atom. The average molecular weight is 655 g/mol. The van der Waals surface area contributed by atoms with Crippen LogP contribution in [0.25, 0.3) is 33.4 Å². The van der Waals surface area contributed by atoms with E-state index in [2.05, 4.69) is 9.88 Å². The third-order valence-corrected chi connectivity index (χ3v) is 10.3. The molecule has 7 rings (SSSR count). The predicted octanol–water partition coefficient (Wildman–Crippen LogP) is 5.18. The fourth-order valence-electron chi connectivity index (χ4n) is 7.49. The molecule has 3 aliphatic rings. The van der Waals surface area contributed by atoms with Crippen LogP contribution in [0, 0.1) is 17.6 Å². The number of pyridine rings is 1. The van der Waals surface area contributed by atoms with Crippen molar-refractivity contribution in [2.24, 2.45) is 5.92 Å². The average Bonchev–Trinajstić information content (AvgIpc) is 3.59. The number of nitrogens with one attached hydrogen (secondary N) is 1. The van der Waals surface area contributed by atoms with Crippen LogP contribution in [-0.4, -0.2) is 106 Å². The van der Waals surface area contributed by atoms with E-state index in [-0.39, 0.29) is 29.2 Å². The maximum absolute atomic E-state index is 14.2. The van der Waals surface area contributed by atoms with Crippen LogP contribution in [0.2, 0.25) is 0 Å². The van der Waals surface area contributed by atoms with Gasteiger partial charge in [-0.25, -0.2) is 13.8 Å². The Bertz CT molecular complexity index is 1820. The third kappa shape index (κ3) is 6.69. The van der Waals surface area contributed by atoms with Crippen LogP contribution in [0.15, 0.2) is 60.8 Å². The van der Waals surface area contributed by atoms with Gasteiger partial charge in [0, 0.05) is 111 Å². The zero-order valence-electron chi connectivity index (χ0n) is 27.1. The molecule has 3 saturated heterocycles. The highest BCUT2D eigenvalue weighted by atomic mass is 19.1. The lowest BCUT2D eigenvalue weighted by atomic mass is 9.93. The molecule has 4 aromatic rings. The first-order chi connectivity index (χ1) is 23.2. The highest BCUT2D eigenvalue weighted by Gasteiger charge is 2.34. The van der Waals surface area contributed by atoms with Gasteiger partial charge in [-0.1, -0.05) is 6.07 Å². The van der Waals surface area contributed by atoms with Crippen molar-refractivity contribution in [3.63, 3.8) is 0 Å². The molecule has 2 aromatic carbocycles. The van der Waals surface area contributed by atoms with Gasteiger partial charge in [0.05, 0.1) is 11.4 Å². The van der Waals surface area contributed by atoms with Crippen LogP contribution >= 0.6 is 0 Å². The second-order valence-corrected chi connectivity index (χ2v) is 13.2. The molecule has 2 aromatic heterocycles. The number of hydrogen-bond donors (Lipinski definition) is 1. The number of rotatable bonds is 5. The summed E-state index contributed by atoms with van der Waals surface area (Å²) in [5.74, 6) is -1.27. The fraction of sp³-hybridized carbons (Fsp3) is 0.405. The van der Waals surface area contributed by atoms with Crippen molar-refractivity contribution in [1.29, 1.82) is 0 Å². The summed E-state index contributed by atoms with van der Waals surface area (Å²) in [7, 11) is 0. The Kier molecular flexibility index (Phi) is 8.96. The van der Waals surface area contributed by atoms with Crippen molar-refractivity contribution in [2.75, 3.05) is 52.4 Å². The van der Waals surface area contributed by atoms with Crippen molar-refractivity contribution in [2.45, 2.75) is 38.6 Å². The quantitative estimate of drug-likeness (QED) is 0.320. The number of halogens is 2. The lowest BCUT2D eigenvalue weighted by molar-refractivity contribution is -0.141. The summed E-state index contributed by atoms with van der Waals surface area (Å²) < 4.78 is 28.4. The van der Waals surface area contributed by atoms with E-state index in [0.717, 1.165) is 74.4 Å². The zero-order valence-corrected chi connectivity index (χ0v) is 27.1. The van der Waals surface area contributed by atoms with Gasteiger partial charge in [0.15, 0.2) is 0 Å². The van der Waals surface area contributed by atoms with Crippen LogP contribution in [0.1, 0.15) is 43.0 Å². The van der Waals surface area contributed by atoms with Crippen molar-refractivity contribution >= 4 is 28.6 Å². The van der Waals surface area contributed by atoms with Crippen LogP contribution < -0.4 is 0 Å². The van der Waals surface area contributed by atoms with Gasteiger partial charge in [-0.3, -0.25) is 19.3 Å². The molecule has 0 spiro atoms. The molecular weight excluding hydrogens is 614 g/mol. The molecule has 250 valence electrons. The molecule has 0 atom stereocenters. The molecular formula is C37H40F2N6O3. The number of fused-ring (bicyclic) bond motifs is 1. The Morgan fingerprint density at radius 1 is 0.708 bits per heavy atom. The number of benzene rings is 2. The van der Waals surface area contributed by atoms with Gasteiger partial charge in [0.25, 0.3) is 5.91 Å². The van der Waals surface area contributed by atoms with Gasteiger partial charge in [0.2, 0.25) is 11.8 Å². The molecule has 0 unspecified atom stereocenters. The van der Waals surface area contributed by atoms with Crippen molar-refractivity contribution < 1.29 is 23.2 Å². The summed E-state index contributed by atoms with van der Waals surface area (Å²) >= 11 is 0. The third-order valence-electron chi connectivity index (χ3n) is 10.3. The largest absolute Gasteiger partial charge is 0.361 e. The highest BCUT2D eigenvalue weighted by Crippen LogP contribution is 2.30. The summed E-state index contributed by atoms with van der Waals surface area (Å²) in [5.41, 5.74) is 3.33. The van der Waals surface area contributed by atoms with E-state index in [1.165, 1.54) is 12.1 Å². The normalized spacial score (nSPS) is 18.4. The van der Waals surface area contributed by atoms with Gasteiger partial charge in [-0.05, 0) is 68.1 Å². The first-order valence-corrected chi connectivity index (χ1v) is 16.9. The maximum atomic E-state index is 14.2. The minimum Gasteiger partial charge on any atom is -0.361 e. The van der Waals surface area contributed by atoms with E-state index in [0.29, 0.717) is 49.2 Å². The standard InChI is InChI=1S/C37H40F2N6O3/c1-24(46)42-10-5-25(6-11-42)36(47)44-12-7-32(8-13-44)43-14-16-45(17-15-43)37(48)29-21-34(26-2-3-33-27(18-26)4-9-40-33)41-35(22-29)28-19-30(38)23-31(39)20-28/h2-4,9,18-23,25,32,40H,5-8,10-17H2,1H3. The molecule has 0 bridgehead atoms. The van der Waals surface area contributed by atoms with Gasteiger partial charge >= 0.3 is 0 Å². The molecule has 9 nitrogen and oxygen atoms in total. The number of piperazine rings is 1. The molecule has 3 fully saturated rings. The molecule has 5 heterocycles. The number of likely N-dealkylation sites (tertiary alicyclic amines) is 2. The van der Waals surface area contributed by atoms with Crippen LogP contribution in [-0.2, 0) is 9.59 Å². The molecule has 48 heavy (non-hydrogen) atoms. The van der Waals surface area contributed by atoms with Gasteiger partial charge < -0.3 is 19.7 Å². The van der Waals surface area contributed by atoms with E-state index in [1.807, 2.05) is 45.2 Å². The fourth-order valence-corrected chi connectivity index (χ4v) is 7.49. The van der Waals surface area contributed by atoms with E-state index < -0.39 is 11.6 Å². The monoisotopic (exact) mass is 654 g/mol. The maximum Gasteiger partial charge on any atom is 0.254 e. The number of carbonyl (C=O) groups is 3. The molecule has 0 aliphatic carbocycles. The Morgan fingerprint density at radius 3 is 2.02 bits per heavy atom. The number of H-pyrrole nitrogens is 1. The van der Waals surface area contributed by atoms with E-state index in [4.69, 9.17) is 4.98 Å². The minimum absolute atomic E-state index is 0.00240. The summed E-state index contributed by atoms with van der Waals surface area (Å²) in [6.45, 7) is 6.93. The van der Waals surface area contributed by atoms with Gasteiger partial charge in [-0.2, -0.15) is 0 Å². The van der Waals surface area contributed by atoms with E-state index >= 15 is 0 Å². The summed E-state index contributed by atoms with van der Waals surface area (Å²) in [5, 5.41) is 0.991. The number of piperidine rings is 2. The van der Waals surface area contributed by atoms with E-state index in [9.17, 15) is 23.2 Å². The molecule has 3 amide bonds. The molecule has 11 heteroatoms. The van der Waals surface area contributed by atoms with Crippen LogP contribution in [0.5, 0.6) is 0 Å². The highest BCUT2D eigenvalue weighted by molar-refractivity contribution is 5.97. The topological polar surface area (TPSA) is 92.9 Å². The van der Waals surface area contributed by atoms with Crippen LogP contribution in [0.3, 0.4) is 0 Å². The first kappa shape index (κ1) is 31.9. The number of hydrogen-bond acceptors (Lipinski definition) is 5. The number of aromatic nitrogens is 2. The number of carbonyl (C=O) groups excluding carboxylic acids is 3. The molecule has 0 radical (unpaired) electrons. The summed E-state index contributed by atoms with van der Waals surface area (Å²) in [6, 6.07) is 14.8. The first-order valence-electron chi connectivity index (χ1n) is 16.9. The second kappa shape index (κ2) is 13.5. The minimum atomic E-state index is -0.708. The van der Waals surface area contributed by atoms with Crippen molar-refractivity contribution in [3.05, 3.63) is 78.0 Å². The molecule has 0 saturated carbocycles. The van der Waals surface area contributed by atoms with Crippen molar-refractivity contribution in [1.82, 2.24) is 29.6 Å². The smallest absolute Gasteiger partial charge is 0.254 e. The Balaban J connectivity index is 1.01. The predicted molar refractivity (Wildman–Crippen MR) is 179 cm³/mol. The number of nitrogens with zero attached hydrogens (tertiary/aromatic N) is 5. The van der Waals surface area contributed by atoms with Gasteiger partial charge in [-0.15, -0.1) is 0 Å².